The van der Waals surface area contributed by atoms with Crippen molar-refractivity contribution < 1.29 is 0 Å². The first-order valence-corrected chi connectivity index (χ1v) is 15.9. The van der Waals surface area contributed by atoms with Crippen molar-refractivity contribution in [2.45, 2.75) is 175 Å². The Balaban J connectivity index is 2.01. The lowest BCUT2D eigenvalue weighted by Gasteiger charge is -2.36. The Morgan fingerprint density at radius 3 is 0.971 bits per heavy atom. The summed E-state index contributed by atoms with van der Waals surface area (Å²) < 4.78 is 0. The number of nitrogens with zero attached hydrogens (tertiary/aromatic N) is 2. The average molecular weight is 477 g/mol. The third-order valence-electron chi connectivity index (χ3n) is 7.77. The molecule has 2 heteroatoms. The van der Waals surface area contributed by atoms with E-state index in [0.717, 1.165) is 0 Å². The first-order chi connectivity index (χ1) is 16.7. The maximum absolute atomic E-state index is 2.64. The zero-order valence-electron chi connectivity index (χ0n) is 24.2. The molecule has 0 N–H and O–H groups in total. The SMILES string of the molecule is CCCCCCCCCCCCCCCN1C=CN(CCCCCCCCCCC)C1C(C)C. The van der Waals surface area contributed by atoms with Crippen LogP contribution in [0.3, 0.4) is 0 Å². The van der Waals surface area contributed by atoms with E-state index in [-0.39, 0.29) is 0 Å². The Labute approximate surface area is 216 Å². The van der Waals surface area contributed by atoms with Gasteiger partial charge in [-0.2, -0.15) is 0 Å². The number of rotatable bonds is 25. The molecule has 0 aliphatic carbocycles. The monoisotopic (exact) mass is 477 g/mol. The Morgan fingerprint density at radius 1 is 0.441 bits per heavy atom. The topological polar surface area (TPSA) is 6.48 Å². The zero-order valence-corrected chi connectivity index (χ0v) is 24.2. The van der Waals surface area contributed by atoms with E-state index in [1.54, 1.807) is 0 Å². The molecule has 1 unspecified atom stereocenters. The van der Waals surface area contributed by atoms with Crippen LogP contribution < -0.4 is 0 Å². The molecule has 202 valence electrons. The highest BCUT2D eigenvalue weighted by Crippen LogP contribution is 2.24. The van der Waals surface area contributed by atoms with Gasteiger partial charge in [0.15, 0.2) is 0 Å². The molecule has 1 aliphatic rings. The van der Waals surface area contributed by atoms with Gasteiger partial charge in [-0.25, -0.2) is 0 Å². The first kappa shape index (κ1) is 31.4. The van der Waals surface area contributed by atoms with Crippen LogP contribution >= 0.6 is 0 Å². The summed E-state index contributed by atoms with van der Waals surface area (Å²) in [6.07, 6.45) is 36.8. The molecule has 0 saturated carbocycles. The van der Waals surface area contributed by atoms with E-state index in [4.69, 9.17) is 0 Å². The van der Waals surface area contributed by atoms with Crippen LogP contribution in [0.1, 0.15) is 169 Å². The second-order valence-corrected chi connectivity index (χ2v) is 11.5. The fraction of sp³-hybridized carbons (Fsp3) is 0.938. The van der Waals surface area contributed by atoms with Gasteiger partial charge in [-0.1, -0.05) is 156 Å². The summed E-state index contributed by atoms with van der Waals surface area (Å²) in [5.74, 6) is 0.690. The third kappa shape index (κ3) is 16.1. The summed E-state index contributed by atoms with van der Waals surface area (Å²) in [7, 11) is 0. The van der Waals surface area contributed by atoms with Crippen molar-refractivity contribution in [3.63, 3.8) is 0 Å². The van der Waals surface area contributed by atoms with Crippen molar-refractivity contribution in [2.24, 2.45) is 5.92 Å². The van der Waals surface area contributed by atoms with Gasteiger partial charge < -0.3 is 9.80 Å². The molecule has 1 rings (SSSR count). The molecule has 1 heterocycles. The molecule has 1 aliphatic heterocycles. The van der Waals surface area contributed by atoms with Crippen LogP contribution in [0.2, 0.25) is 0 Å². The quantitative estimate of drug-likeness (QED) is 0.121. The van der Waals surface area contributed by atoms with E-state index in [9.17, 15) is 0 Å². The molecule has 2 nitrogen and oxygen atoms in total. The molecule has 0 aromatic heterocycles. The van der Waals surface area contributed by atoms with Gasteiger partial charge >= 0.3 is 0 Å². The van der Waals surface area contributed by atoms with Gasteiger partial charge in [0.05, 0.1) is 0 Å². The summed E-state index contributed by atoms with van der Waals surface area (Å²) in [4.78, 5) is 5.27. The Bertz CT molecular complexity index is 444. The van der Waals surface area contributed by atoms with E-state index in [2.05, 4.69) is 49.9 Å². The molecule has 0 amide bonds. The molecular formula is C32H64N2. The van der Waals surface area contributed by atoms with E-state index in [1.165, 1.54) is 154 Å². The highest BCUT2D eigenvalue weighted by atomic mass is 15.4. The predicted molar refractivity (Wildman–Crippen MR) is 154 cm³/mol. The lowest BCUT2D eigenvalue weighted by atomic mass is 10.0. The molecule has 0 fully saturated rings. The zero-order chi connectivity index (χ0) is 24.7. The van der Waals surface area contributed by atoms with Crippen molar-refractivity contribution >= 4 is 0 Å². The van der Waals surface area contributed by atoms with Crippen LogP contribution in [0, 0.1) is 5.92 Å². The van der Waals surface area contributed by atoms with E-state index < -0.39 is 0 Å². The van der Waals surface area contributed by atoms with Crippen LogP contribution in [0.25, 0.3) is 0 Å². The minimum atomic E-state index is 0.589. The standard InChI is InChI=1S/C32H64N2/c1-5-7-9-11-13-15-16-17-18-20-22-24-26-28-34-30-29-33(32(34)31(3)4)27-25-23-21-19-14-12-10-8-6-2/h29-32H,5-28H2,1-4H3. The Kier molecular flexibility index (Phi) is 21.0. The van der Waals surface area contributed by atoms with Gasteiger partial charge in [0, 0.05) is 25.5 Å². The molecule has 0 radical (unpaired) electrons. The number of hydrogen-bond acceptors (Lipinski definition) is 2. The van der Waals surface area contributed by atoms with Gasteiger partial charge in [0.2, 0.25) is 0 Å². The van der Waals surface area contributed by atoms with Crippen molar-refractivity contribution in [2.75, 3.05) is 13.1 Å². The first-order valence-electron chi connectivity index (χ1n) is 15.9. The van der Waals surface area contributed by atoms with Crippen LogP contribution in [0.5, 0.6) is 0 Å². The second-order valence-electron chi connectivity index (χ2n) is 11.5. The maximum Gasteiger partial charge on any atom is 0.103 e. The molecule has 0 aromatic carbocycles. The van der Waals surface area contributed by atoms with E-state index in [0.29, 0.717) is 12.1 Å². The van der Waals surface area contributed by atoms with E-state index in [1.807, 2.05) is 0 Å². The van der Waals surface area contributed by atoms with Gasteiger partial charge in [-0.05, 0) is 18.8 Å². The smallest absolute Gasteiger partial charge is 0.103 e. The normalized spacial score (nSPS) is 15.9. The van der Waals surface area contributed by atoms with Gasteiger partial charge in [0.1, 0.15) is 6.17 Å². The van der Waals surface area contributed by atoms with Gasteiger partial charge in [-0.15, -0.1) is 0 Å². The maximum atomic E-state index is 2.64. The summed E-state index contributed by atoms with van der Waals surface area (Å²) in [5, 5.41) is 0. The molecule has 0 spiro atoms. The summed E-state index contributed by atoms with van der Waals surface area (Å²) in [5.41, 5.74) is 0. The average Bonchev–Trinajstić information content (AvgIpc) is 3.24. The lowest BCUT2D eigenvalue weighted by Crippen LogP contribution is -2.43. The molecule has 0 bridgehead atoms. The molecular weight excluding hydrogens is 412 g/mol. The van der Waals surface area contributed by atoms with Crippen molar-refractivity contribution in [3.05, 3.63) is 12.4 Å². The van der Waals surface area contributed by atoms with Crippen LogP contribution in [0.4, 0.5) is 0 Å². The number of hydrogen-bond donors (Lipinski definition) is 0. The Hall–Kier alpha value is -0.660. The number of unbranched alkanes of at least 4 members (excludes halogenated alkanes) is 20. The molecule has 0 saturated heterocycles. The largest absolute Gasteiger partial charge is 0.356 e. The molecule has 1 atom stereocenters. The minimum absolute atomic E-state index is 0.589. The van der Waals surface area contributed by atoms with Crippen molar-refractivity contribution in [3.8, 4) is 0 Å². The summed E-state index contributed by atoms with van der Waals surface area (Å²) in [6.45, 7) is 11.9. The Morgan fingerprint density at radius 2 is 0.706 bits per heavy atom. The van der Waals surface area contributed by atoms with E-state index >= 15 is 0 Å². The van der Waals surface area contributed by atoms with Gasteiger partial charge in [-0.3, -0.25) is 0 Å². The molecule has 0 aromatic rings. The summed E-state index contributed by atoms with van der Waals surface area (Å²) >= 11 is 0. The minimum Gasteiger partial charge on any atom is -0.356 e. The van der Waals surface area contributed by atoms with Crippen molar-refractivity contribution in [1.82, 2.24) is 9.80 Å². The molecule has 34 heavy (non-hydrogen) atoms. The fourth-order valence-corrected chi connectivity index (χ4v) is 5.63. The third-order valence-corrected chi connectivity index (χ3v) is 7.77. The van der Waals surface area contributed by atoms with Crippen LogP contribution in [0.15, 0.2) is 12.4 Å². The summed E-state index contributed by atoms with van der Waals surface area (Å²) in [6, 6.07) is 0. The second kappa shape index (κ2) is 22.8. The lowest BCUT2D eigenvalue weighted by molar-refractivity contribution is 0.104. The van der Waals surface area contributed by atoms with Crippen LogP contribution in [-0.2, 0) is 0 Å². The highest BCUT2D eigenvalue weighted by molar-refractivity contribution is 4.98. The van der Waals surface area contributed by atoms with Gasteiger partial charge in [0.25, 0.3) is 0 Å². The van der Waals surface area contributed by atoms with Crippen molar-refractivity contribution in [1.29, 1.82) is 0 Å². The fourth-order valence-electron chi connectivity index (χ4n) is 5.63. The van der Waals surface area contributed by atoms with Crippen LogP contribution in [-0.4, -0.2) is 29.1 Å². The predicted octanol–water partition coefficient (Wildman–Crippen LogP) is 10.7. The highest BCUT2D eigenvalue weighted by Gasteiger charge is 2.28.